The van der Waals surface area contributed by atoms with Crippen molar-refractivity contribution in [2.45, 2.75) is 155 Å². The lowest BCUT2D eigenvalue weighted by atomic mass is 10.0. The van der Waals surface area contributed by atoms with Crippen LogP contribution in [0, 0.1) is 0 Å². The van der Waals surface area contributed by atoms with Crippen LogP contribution in [0.15, 0.2) is 19.7 Å². The van der Waals surface area contributed by atoms with Crippen molar-refractivity contribution >= 4 is 54.5 Å². The van der Waals surface area contributed by atoms with Gasteiger partial charge in [-0.05, 0) is 80.8 Å². The van der Waals surface area contributed by atoms with Gasteiger partial charge in [0.1, 0.15) is 0 Å². The van der Waals surface area contributed by atoms with Gasteiger partial charge in [0.15, 0.2) is 0 Å². The van der Waals surface area contributed by atoms with Crippen molar-refractivity contribution in [2.75, 3.05) is 0 Å². The Hall–Kier alpha value is 0.360. The van der Waals surface area contributed by atoms with E-state index in [4.69, 9.17) is 0 Å². The van der Waals surface area contributed by atoms with E-state index in [-0.39, 0.29) is 0 Å². The largest absolute Gasteiger partial charge is 0.127 e. The van der Waals surface area contributed by atoms with Gasteiger partial charge in [0.2, 0.25) is 0 Å². The number of hydrogen-bond acceptors (Lipinski definition) is 2. The van der Waals surface area contributed by atoms with Crippen molar-refractivity contribution in [3.63, 3.8) is 0 Å². The highest BCUT2D eigenvalue weighted by Crippen LogP contribution is 2.44. The minimum Gasteiger partial charge on any atom is -0.127 e. The van der Waals surface area contributed by atoms with Crippen molar-refractivity contribution < 1.29 is 0 Å². The maximum Gasteiger partial charge on any atom is 0.0708 e. The minimum atomic E-state index is 1.22. The molecule has 0 radical (unpaired) electrons. The van der Waals surface area contributed by atoms with Gasteiger partial charge in [-0.25, -0.2) is 0 Å². The molecule has 0 fully saturated rings. The number of unbranched alkanes of at least 4 members (excludes halogenated alkanes) is 18. The number of hydrogen-bond donors (Lipinski definition) is 0. The molecule has 0 unspecified atom stereocenters. The monoisotopic (exact) mass is 658 g/mol. The predicted octanol–water partition coefficient (Wildman–Crippen LogP) is 13.9. The second kappa shape index (κ2) is 21.2. The zero-order valence-electron chi connectivity index (χ0n) is 23.3. The summed E-state index contributed by atoms with van der Waals surface area (Å²) in [5, 5.41) is 0. The molecule has 0 aliphatic carbocycles. The first kappa shape index (κ1) is 32.6. The van der Waals surface area contributed by atoms with Crippen LogP contribution >= 0.6 is 54.5 Å². The quantitative estimate of drug-likeness (QED) is 0.104. The van der Waals surface area contributed by atoms with E-state index >= 15 is 0 Å². The number of halogens is 2. The maximum absolute atomic E-state index is 3.80. The van der Waals surface area contributed by atoms with E-state index in [2.05, 4.69) is 57.8 Å². The van der Waals surface area contributed by atoms with Crippen LogP contribution in [0.25, 0.3) is 9.75 Å². The molecule has 0 spiro atoms. The minimum absolute atomic E-state index is 1.22. The van der Waals surface area contributed by atoms with Crippen LogP contribution in [0.5, 0.6) is 0 Å². The fourth-order valence-electron chi connectivity index (χ4n) is 5.15. The second-order valence-corrected chi connectivity index (χ2v) is 15.5. The van der Waals surface area contributed by atoms with Crippen molar-refractivity contribution in [3.05, 3.63) is 30.8 Å². The molecule has 0 nitrogen and oxygen atoms in total. The molecule has 0 aliphatic heterocycles. The predicted molar refractivity (Wildman–Crippen MR) is 174 cm³/mol. The molecule has 206 valence electrons. The highest BCUT2D eigenvalue weighted by Gasteiger charge is 2.16. The van der Waals surface area contributed by atoms with Crippen LogP contribution in [-0.4, -0.2) is 0 Å². The Balaban J connectivity index is 1.71. The van der Waals surface area contributed by atoms with Gasteiger partial charge in [-0.2, -0.15) is 0 Å². The second-order valence-electron chi connectivity index (χ2n) is 10.7. The van der Waals surface area contributed by atoms with Gasteiger partial charge in [0, 0.05) is 9.75 Å². The number of rotatable bonds is 23. The van der Waals surface area contributed by atoms with Crippen molar-refractivity contribution in [1.29, 1.82) is 0 Å². The lowest BCUT2D eigenvalue weighted by molar-refractivity contribution is 0.556. The van der Waals surface area contributed by atoms with Gasteiger partial charge in [-0.1, -0.05) is 129 Å². The Kier molecular flexibility index (Phi) is 19.2. The molecule has 2 rings (SSSR count). The normalized spacial score (nSPS) is 11.6. The van der Waals surface area contributed by atoms with Crippen LogP contribution < -0.4 is 0 Å². The van der Waals surface area contributed by atoms with Gasteiger partial charge in [-0.3, -0.25) is 0 Å². The summed E-state index contributed by atoms with van der Waals surface area (Å²) < 4.78 is 2.57. The van der Waals surface area contributed by atoms with Crippen LogP contribution in [0.3, 0.4) is 0 Å². The summed E-state index contributed by atoms with van der Waals surface area (Å²) in [5.74, 6) is 0. The zero-order valence-corrected chi connectivity index (χ0v) is 28.1. The van der Waals surface area contributed by atoms with Crippen LogP contribution in [-0.2, 0) is 12.8 Å². The summed E-state index contributed by atoms with van der Waals surface area (Å²) in [7, 11) is 0. The Bertz CT molecular complexity index is 726. The molecule has 36 heavy (non-hydrogen) atoms. The van der Waals surface area contributed by atoms with Crippen molar-refractivity contribution in [1.82, 2.24) is 0 Å². The van der Waals surface area contributed by atoms with E-state index in [1.165, 1.54) is 159 Å². The third kappa shape index (κ3) is 13.9. The molecule has 2 aromatic rings. The fraction of sp³-hybridized carbons (Fsp3) is 0.750. The van der Waals surface area contributed by atoms with E-state index in [1.807, 2.05) is 22.7 Å². The fourth-order valence-corrected chi connectivity index (χ4v) is 8.75. The van der Waals surface area contributed by atoms with Crippen LogP contribution in [0.4, 0.5) is 0 Å². The van der Waals surface area contributed by atoms with E-state index in [0.717, 1.165) is 0 Å². The van der Waals surface area contributed by atoms with E-state index < -0.39 is 0 Å². The molecule has 4 heteroatoms. The molecule has 0 aromatic carbocycles. The topological polar surface area (TPSA) is 0 Å². The summed E-state index contributed by atoms with van der Waals surface area (Å²) in [5.41, 5.74) is 3.12. The highest BCUT2D eigenvalue weighted by atomic mass is 79.9. The lowest BCUT2D eigenvalue weighted by Gasteiger charge is -2.07. The summed E-state index contributed by atoms with van der Waals surface area (Å²) in [4.78, 5) is 3.05. The standard InChI is InChI=1S/C32H52Br2S2/c1-3-5-7-9-11-13-15-17-19-21-23-27-25-29(33)35-31(27)32-28(26-30(34)36-32)24-22-20-18-16-14-12-10-8-6-4-2/h25-26H,3-24H2,1-2H3. The lowest BCUT2D eigenvalue weighted by Crippen LogP contribution is -1.90. The summed E-state index contributed by atoms with van der Waals surface area (Å²) in [6.45, 7) is 4.60. The Morgan fingerprint density at radius 3 is 1.03 bits per heavy atom. The molecule has 0 amide bonds. The zero-order chi connectivity index (χ0) is 25.8. The van der Waals surface area contributed by atoms with Gasteiger partial charge in [-0.15, -0.1) is 22.7 Å². The van der Waals surface area contributed by atoms with Gasteiger partial charge >= 0.3 is 0 Å². The smallest absolute Gasteiger partial charge is 0.0708 e. The Morgan fingerprint density at radius 1 is 0.444 bits per heavy atom. The van der Waals surface area contributed by atoms with E-state index in [0.29, 0.717) is 0 Å². The molecule has 2 aromatic heterocycles. The summed E-state index contributed by atoms with van der Waals surface area (Å²) in [6.07, 6.45) is 30.6. The van der Waals surface area contributed by atoms with E-state index in [1.54, 1.807) is 11.1 Å². The first-order valence-electron chi connectivity index (χ1n) is 15.2. The summed E-state index contributed by atoms with van der Waals surface area (Å²) >= 11 is 11.5. The first-order chi connectivity index (χ1) is 17.7. The Labute approximate surface area is 248 Å². The third-order valence-electron chi connectivity index (χ3n) is 7.36. The van der Waals surface area contributed by atoms with Crippen molar-refractivity contribution in [2.24, 2.45) is 0 Å². The van der Waals surface area contributed by atoms with Gasteiger partial charge in [0.25, 0.3) is 0 Å². The molecular formula is C32H52Br2S2. The number of aryl methyl sites for hydroxylation is 2. The first-order valence-corrected chi connectivity index (χ1v) is 18.4. The average molecular weight is 661 g/mol. The molecule has 0 saturated carbocycles. The van der Waals surface area contributed by atoms with Crippen molar-refractivity contribution in [3.8, 4) is 9.75 Å². The van der Waals surface area contributed by atoms with Crippen LogP contribution in [0.2, 0.25) is 0 Å². The molecule has 0 N–H and O–H groups in total. The molecule has 2 heterocycles. The molecule has 0 aliphatic rings. The SMILES string of the molecule is CCCCCCCCCCCCc1cc(Br)sc1-c1sc(Br)cc1CCCCCCCCCCCC. The van der Waals surface area contributed by atoms with E-state index in [9.17, 15) is 0 Å². The molecule has 0 bridgehead atoms. The molecule has 0 atom stereocenters. The average Bonchev–Trinajstić information content (AvgIpc) is 3.42. The summed E-state index contributed by atoms with van der Waals surface area (Å²) in [6, 6.07) is 4.79. The molecular weight excluding hydrogens is 608 g/mol. The highest BCUT2D eigenvalue weighted by molar-refractivity contribution is 9.11. The number of thiophene rings is 2. The maximum atomic E-state index is 3.80. The van der Waals surface area contributed by atoms with Gasteiger partial charge < -0.3 is 0 Å². The van der Waals surface area contributed by atoms with Gasteiger partial charge in [0.05, 0.1) is 7.57 Å². The van der Waals surface area contributed by atoms with Crippen LogP contribution in [0.1, 0.15) is 153 Å². The third-order valence-corrected chi connectivity index (χ3v) is 10.9. The molecule has 0 saturated heterocycles. The Morgan fingerprint density at radius 2 is 0.722 bits per heavy atom.